The summed E-state index contributed by atoms with van der Waals surface area (Å²) < 4.78 is 7.23. The average Bonchev–Trinajstić information content (AvgIpc) is 3.09. The highest BCUT2D eigenvalue weighted by atomic mass is 16.5. The van der Waals surface area contributed by atoms with Crippen molar-refractivity contribution in [3.8, 4) is 5.88 Å². The Bertz CT molecular complexity index is 937. The van der Waals surface area contributed by atoms with Crippen molar-refractivity contribution < 1.29 is 9.53 Å². The van der Waals surface area contributed by atoms with Crippen molar-refractivity contribution in [2.24, 2.45) is 0 Å². The summed E-state index contributed by atoms with van der Waals surface area (Å²) in [6, 6.07) is 13.8. The molecule has 138 valence electrons. The summed E-state index contributed by atoms with van der Waals surface area (Å²) in [6.45, 7) is 3.00. The van der Waals surface area contributed by atoms with Gasteiger partial charge in [0.2, 0.25) is 5.88 Å². The maximum atomic E-state index is 13.0. The molecule has 7 nitrogen and oxygen atoms in total. The molecule has 0 fully saturated rings. The van der Waals surface area contributed by atoms with Crippen LogP contribution in [0.15, 0.2) is 48.7 Å². The second-order valence-corrected chi connectivity index (χ2v) is 6.65. The number of fused-ring (bicyclic) bond motifs is 1. The van der Waals surface area contributed by atoms with Gasteiger partial charge in [0.1, 0.15) is 5.82 Å². The number of carbonyl (C=O) groups excluding carboxylic acids is 1. The van der Waals surface area contributed by atoms with Crippen LogP contribution in [0, 0.1) is 6.92 Å². The first-order valence-corrected chi connectivity index (χ1v) is 8.89. The van der Waals surface area contributed by atoms with Gasteiger partial charge < -0.3 is 14.2 Å². The number of pyridine rings is 1. The second kappa shape index (κ2) is 7.19. The lowest BCUT2D eigenvalue weighted by Crippen LogP contribution is -2.42. The molecule has 1 aliphatic rings. The van der Waals surface area contributed by atoms with E-state index in [0.717, 1.165) is 18.1 Å². The fourth-order valence-electron chi connectivity index (χ4n) is 3.57. The van der Waals surface area contributed by atoms with Gasteiger partial charge in [0.15, 0.2) is 5.82 Å². The monoisotopic (exact) mass is 363 g/mol. The topological polar surface area (TPSA) is 73.1 Å². The van der Waals surface area contributed by atoms with Crippen molar-refractivity contribution >= 4 is 5.91 Å². The van der Waals surface area contributed by atoms with Crippen LogP contribution in [0.2, 0.25) is 0 Å². The quantitative estimate of drug-likeness (QED) is 0.712. The summed E-state index contributed by atoms with van der Waals surface area (Å²) in [7, 11) is 1.55. The number of aryl methyl sites for hydroxylation is 1. The van der Waals surface area contributed by atoms with E-state index in [9.17, 15) is 4.79 Å². The van der Waals surface area contributed by atoms with Gasteiger partial charge in [-0.05, 0) is 25.0 Å². The predicted octanol–water partition coefficient (Wildman–Crippen LogP) is 2.43. The molecule has 0 saturated carbocycles. The normalized spacial score (nSPS) is 16.1. The molecule has 7 heteroatoms. The number of rotatable bonds is 4. The van der Waals surface area contributed by atoms with E-state index >= 15 is 0 Å². The Morgan fingerprint density at radius 3 is 2.70 bits per heavy atom. The number of hydrogen-bond acceptors (Lipinski definition) is 5. The van der Waals surface area contributed by atoms with Gasteiger partial charge in [-0.15, -0.1) is 10.2 Å². The van der Waals surface area contributed by atoms with E-state index in [1.54, 1.807) is 25.4 Å². The zero-order valence-electron chi connectivity index (χ0n) is 15.4. The first-order valence-electron chi connectivity index (χ1n) is 8.89. The number of aromatic nitrogens is 4. The highest BCUT2D eigenvalue weighted by Crippen LogP contribution is 2.26. The minimum atomic E-state index is -0.0601. The SMILES string of the molecule is COc1ccc(C(=O)N2Cc3nnc(C)n3[C@H](Cc3ccccc3)C2)cn1. The third kappa shape index (κ3) is 3.40. The van der Waals surface area contributed by atoms with E-state index in [0.29, 0.717) is 24.5 Å². The molecule has 3 heterocycles. The van der Waals surface area contributed by atoms with Crippen LogP contribution in [0.1, 0.15) is 33.6 Å². The fourth-order valence-corrected chi connectivity index (χ4v) is 3.57. The average molecular weight is 363 g/mol. The van der Waals surface area contributed by atoms with Crippen LogP contribution in [0.4, 0.5) is 0 Å². The number of nitrogens with zero attached hydrogens (tertiary/aromatic N) is 5. The van der Waals surface area contributed by atoms with Crippen LogP contribution < -0.4 is 4.74 Å². The molecule has 1 aromatic carbocycles. The van der Waals surface area contributed by atoms with Gasteiger partial charge in [0.05, 0.1) is 25.3 Å². The minimum absolute atomic E-state index is 0.0601. The van der Waals surface area contributed by atoms with Crippen molar-refractivity contribution in [1.82, 2.24) is 24.6 Å². The molecular formula is C20H21N5O2. The van der Waals surface area contributed by atoms with E-state index in [4.69, 9.17) is 4.74 Å². The van der Waals surface area contributed by atoms with Crippen LogP contribution in [-0.2, 0) is 13.0 Å². The Balaban J connectivity index is 1.61. The summed E-state index contributed by atoms with van der Waals surface area (Å²) >= 11 is 0. The third-order valence-electron chi connectivity index (χ3n) is 4.86. The number of amides is 1. The standard InChI is InChI=1S/C20H21N5O2/c1-14-22-23-18-13-24(20(26)16-8-9-19(27-2)21-11-16)12-17(25(14)18)10-15-6-4-3-5-7-15/h3-9,11,17H,10,12-13H2,1-2H3/t17-/m1/s1. The van der Waals surface area contributed by atoms with Crippen LogP contribution >= 0.6 is 0 Å². The molecule has 0 radical (unpaired) electrons. The van der Waals surface area contributed by atoms with Crippen molar-refractivity contribution in [3.63, 3.8) is 0 Å². The van der Waals surface area contributed by atoms with Gasteiger partial charge in [-0.3, -0.25) is 4.79 Å². The highest BCUT2D eigenvalue weighted by Gasteiger charge is 2.31. The first kappa shape index (κ1) is 17.2. The van der Waals surface area contributed by atoms with E-state index in [-0.39, 0.29) is 11.9 Å². The largest absolute Gasteiger partial charge is 0.481 e. The Labute approximate surface area is 157 Å². The van der Waals surface area contributed by atoms with Crippen LogP contribution in [0.25, 0.3) is 0 Å². The molecule has 0 bridgehead atoms. The van der Waals surface area contributed by atoms with Crippen LogP contribution in [0.5, 0.6) is 5.88 Å². The van der Waals surface area contributed by atoms with Gasteiger partial charge >= 0.3 is 0 Å². The fraction of sp³-hybridized carbons (Fsp3) is 0.300. The van der Waals surface area contributed by atoms with Gasteiger partial charge in [-0.1, -0.05) is 30.3 Å². The molecule has 0 unspecified atom stereocenters. The van der Waals surface area contributed by atoms with Gasteiger partial charge in [-0.2, -0.15) is 0 Å². The first-order chi connectivity index (χ1) is 13.2. The molecule has 0 saturated heterocycles. The molecule has 0 N–H and O–H groups in total. The zero-order chi connectivity index (χ0) is 18.8. The summed E-state index contributed by atoms with van der Waals surface area (Å²) in [6.07, 6.45) is 2.37. The molecule has 2 aromatic heterocycles. The molecule has 27 heavy (non-hydrogen) atoms. The molecule has 3 aromatic rings. The maximum Gasteiger partial charge on any atom is 0.255 e. The maximum absolute atomic E-state index is 13.0. The minimum Gasteiger partial charge on any atom is -0.481 e. The third-order valence-corrected chi connectivity index (χ3v) is 4.86. The van der Waals surface area contributed by atoms with E-state index in [2.05, 4.69) is 31.9 Å². The molecular weight excluding hydrogens is 342 g/mol. The number of ether oxygens (including phenoxy) is 1. The molecule has 1 aliphatic heterocycles. The smallest absolute Gasteiger partial charge is 0.255 e. The summed E-state index contributed by atoms with van der Waals surface area (Å²) in [5, 5.41) is 8.51. The van der Waals surface area contributed by atoms with Gasteiger partial charge in [-0.25, -0.2) is 4.98 Å². The van der Waals surface area contributed by atoms with Crippen molar-refractivity contribution in [2.75, 3.05) is 13.7 Å². The molecule has 0 spiro atoms. The summed E-state index contributed by atoms with van der Waals surface area (Å²) in [5.74, 6) is 2.12. The van der Waals surface area contributed by atoms with E-state index in [1.165, 1.54) is 5.56 Å². The van der Waals surface area contributed by atoms with Crippen LogP contribution in [-0.4, -0.2) is 44.2 Å². The lowest BCUT2D eigenvalue weighted by Gasteiger charge is -2.34. The molecule has 1 amide bonds. The van der Waals surface area contributed by atoms with Crippen molar-refractivity contribution in [1.29, 1.82) is 0 Å². The Morgan fingerprint density at radius 2 is 2.00 bits per heavy atom. The molecule has 4 rings (SSSR count). The lowest BCUT2D eigenvalue weighted by atomic mass is 10.0. The summed E-state index contributed by atoms with van der Waals surface area (Å²) in [5.41, 5.74) is 1.76. The Kier molecular flexibility index (Phi) is 4.58. The van der Waals surface area contributed by atoms with E-state index < -0.39 is 0 Å². The van der Waals surface area contributed by atoms with Gasteiger partial charge in [0.25, 0.3) is 5.91 Å². The predicted molar refractivity (Wildman–Crippen MR) is 99.5 cm³/mol. The Morgan fingerprint density at radius 1 is 1.19 bits per heavy atom. The van der Waals surface area contributed by atoms with Crippen LogP contribution in [0.3, 0.4) is 0 Å². The highest BCUT2D eigenvalue weighted by molar-refractivity contribution is 5.94. The Hall–Kier alpha value is -3.22. The van der Waals surface area contributed by atoms with Crippen molar-refractivity contribution in [2.45, 2.75) is 25.9 Å². The molecule has 0 aliphatic carbocycles. The number of carbonyl (C=O) groups is 1. The number of methoxy groups -OCH3 is 1. The van der Waals surface area contributed by atoms with Gasteiger partial charge in [0, 0.05) is 18.8 Å². The zero-order valence-corrected chi connectivity index (χ0v) is 15.4. The summed E-state index contributed by atoms with van der Waals surface area (Å²) in [4.78, 5) is 19.0. The van der Waals surface area contributed by atoms with Crippen molar-refractivity contribution in [3.05, 3.63) is 71.4 Å². The number of hydrogen-bond donors (Lipinski definition) is 0. The second-order valence-electron chi connectivity index (χ2n) is 6.65. The number of benzene rings is 1. The molecule has 1 atom stereocenters. The lowest BCUT2D eigenvalue weighted by molar-refractivity contribution is 0.0671. The van der Waals surface area contributed by atoms with E-state index in [1.807, 2.05) is 30.0 Å².